The van der Waals surface area contributed by atoms with Crippen molar-refractivity contribution < 1.29 is 4.74 Å². The highest BCUT2D eigenvalue weighted by atomic mass is 16.5. The van der Waals surface area contributed by atoms with Gasteiger partial charge in [-0.15, -0.1) is 0 Å². The summed E-state index contributed by atoms with van der Waals surface area (Å²) in [7, 11) is 1.68. The van der Waals surface area contributed by atoms with Gasteiger partial charge in [-0.2, -0.15) is 0 Å². The van der Waals surface area contributed by atoms with Crippen LogP contribution < -0.4 is 20.3 Å². The van der Waals surface area contributed by atoms with Crippen LogP contribution in [0.25, 0.3) is 0 Å². The van der Waals surface area contributed by atoms with Gasteiger partial charge in [0.25, 0.3) is 0 Å². The van der Waals surface area contributed by atoms with Gasteiger partial charge in [0.05, 0.1) is 7.11 Å². The van der Waals surface area contributed by atoms with Gasteiger partial charge >= 0.3 is 0 Å². The first-order valence-electron chi connectivity index (χ1n) is 9.43. The van der Waals surface area contributed by atoms with Crippen LogP contribution in [0.4, 0.5) is 28.4 Å². The second-order valence-electron chi connectivity index (χ2n) is 6.80. The van der Waals surface area contributed by atoms with Crippen molar-refractivity contribution in [2.45, 2.75) is 12.8 Å². The van der Waals surface area contributed by atoms with E-state index in [9.17, 15) is 0 Å². The molecule has 0 unspecified atom stereocenters. The third kappa shape index (κ3) is 4.34. The Kier molecular flexibility index (Phi) is 5.15. The Morgan fingerprint density at radius 3 is 1.85 bits per heavy atom. The number of hydrogen-bond donors (Lipinski definition) is 2. The van der Waals surface area contributed by atoms with E-state index >= 15 is 0 Å². The van der Waals surface area contributed by atoms with Gasteiger partial charge in [-0.25, -0.2) is 0 Å². The molecule has 4 rings (SSSR count). The molecular formula is C23H25N3O. The van der Waals surface area contributed by atoms with Gasteiger partial charge < -0.3 is 20.3 Å². The zero-order valence-corrected chi connectivity index (χ0v) is 15.6. The summed E-state index contributed by atoms with van der Waals surface area (Å²) in [6.07, 6.45) is 2.60. The highest BCUT2D eigenvalue weighted by Crippen LogP contribution is 2.26. The van der Waals surface area contributed by atoms with Gasteiger partial charge in [-0.1, -0.05) is 6.07 Å². The zero-order valence-electron chi connectivity index (χ0n) is 15.6. The Morgan fingerprint density at radius 2 is 1.26 bits per heavy atom. The molecule has 0 amide bonds. The number of nitrogens with one attached hydrogen (secondary N) is 2. The van der Waals surface area contributed by atoms with E-state index in [1.807, 2.05) is 24.3 Å². The predicted molar refractivity (Wildman–Crippen MR) is 114 cm³/mol. The van der Waals surface area contributed by atoms with Crippen LogP contribution in [0.3, 0.4) is 0 Å². The van der Waals surface area contributed by atoms with E-state index in [4.69, 9.17) is 4.74 Å². The predicted octanol–water partition coefficient (Wildman–Crippen LogP) is 5.78. The van der Waals surface area contributed by atoms with Crippen molar-refractivity contribution in [1.82, 2.24) is 0 Å². The summed E-state index contributed by atoms with van der Waals surface area (Å²) in [4.78, 5) is 2.45. The Balaban J connectivity index is 1.38. The molecule has 1 aliphatic heterocycles. The van der Waals surface area contributed by atoms with E-state index in [-0.39, 0.29) is 0 Å². The lowest BCUT2D eigenvalue weighted by Crippen LogP contribution is -2.17. The molecule has 4 nitrogen and oxygen atoms in total. The average Bonchev–Trinajstić information content (AvgIpc) is 3.25. The molecule has 1 aliphatic rings. The molecule has 1 heterocycles. The van der Waals surface area contributed by atoms with Crippen molar-refractivity contribution >= 4 is 28.4 Å². The fraction of sp³-hybridized carbons (Fsp3) is 0.217. The quantitative estimate of drug-likeness (QED) is 0.585. The molecule has 1 saturated heterocycles. The monoisotopic (exact) mass is 359 g/mol. The third-order valence-corrected chi connectivity index (χ3v) is 4.87. The lowest BCUT2D eigenvalue weighted by atomic mass is 10.2. The normalized spacial score (nSPS) is 13.4. The molecule has 1 fully saturated rings. The van der Waals surface area contributed by atoms with Crippen LogP contribution in [0, 0.1) is 0 Å². The summed E-state index contributed by atoms with van der Waals surface area (Å²) in [6.45, 7) is 2.35. The number of nitrogens with zero attached hydrogens (tertiary/aromatic N) is 1. The summed E-state index contributed by atoms with van der Waals surface area (Å²) in [5.41, 5.74) is 5.54. The molecule has 0 saturated carbocycles. The molecule has 0 radical (unpaired) electrons. The standard InChI is InChI=1S/C23H25N3O/c1-27-23-6-4-5-21(17-23)25-19-9-7-18(8-10-19)24-20-11-13-22(14-12-20)26-15-2-3-16-26/h4-14,17,24-25H,2-3,15-16H2,1H3. The minimum atomic E-state index is 0.843. The molecule has 0 bridgehead atoms. The molecule has 3 aromatic carbocycles. The molecule has 0 atom stereocenters. The molecule has 0 spiro atoms. The van der Waals surface area contributed by atoms with Crippen molar-refractivity contribution in [2.75, 3.05) is 35.7 Å². The highest BCUT2D eigenvalue weighted by Gasteiger charge is 2.11. The van der Waals surface area contributed by atoms with E-state index in [1.54, 1.807) is 7.11 Å². The second kappa shape index (κ2) is 8.04. The van der Waals surface area contributed by atoms with Crippen molar-refractivity contribution in [3.63, 3.8) is 0 Å². The smallest absolute Gasteiger partial charge is 0.120 e. The maximum absolute atomic E-state index is 5.27. The lowest BCUT2D eigenvalue weighted by Gasteiger charge is -2.18. The molecule has 3 aromatic rings. The van der Waals surface area contributed by atoms with Crippen LogP contribution in [-0.2, 0) is 0 Å². The van der Waals surface area contributed by atoms with Crippen LogP contribution in [0.15, 0.2) is 72.8 Å². The van der Waals surface area contributed by atoms with E-state index < -0.39 is 0 Å². The first-order valence-corrected chi connectivity index (χ1v) is 9.43. The summed E-state index contributed by atoms with van der Waals surface area (Å²) >= 11 is 0. The first kappa shape index (κ1) is 17.3. The van der Waals surface area contributed by atoms with Gasteiger partial charge in [0.1, 0.15) is 5.75 Å². The molecular weight excluding hydrogens is 334 g/mol. The Hall–Kier alpha value is -3.14. The Morgan fingerprint density at radius 1 is 0.704 bits per heavy atom. The first-order chi connectivity index (χ1) is 13.3. The molecule has 27 heavy (non-hydrogen) atoms. The largest absolute Gasteiger partial charge is 0.497 e. The fourth-order valence-electron chi connectivity index (χ4n) is 3.40. The van der Waals surface area contributed by atoms with E-state index in [0.29, 0.717) is 0 Å². The SMILES string of the molecule is COc1cccc(Nc2ccc(Nc3ccc(N4CCCC4)cc3)cc2)c1. The second-order valence-corrected chi connectivity index (χ2v) is 6.80. The van der Waals surface area contributed by atoms with Crippen molar-refractivity contribution in [1.29, 1.82) is 0 Å². The van der Waals surface area contributed by atoms with Crippen LogP contribution in [0.1, 0.15) is 12.8 Å². The Labute approximate surface area is 160 Å². The average molecular weight is 359 g/mol. The van der Waals surface area contributed by atoms with Crippen molar-refractivity contribution in [2.24, 2.45) is 0 Å². The van der Waals surface area contributed by atoms with Crippen LogP contribution in [0.5, 0.6) is 5.75 Å². The van der Waals surface area contributed by atoms with E-state index in [1.165, 1.54) is 31.6 Å². The summed E-state index contributed by atoms with van der Waals surface area (Å²) in [5, 5.41) is 6.86. The fourth-order valence-corrected chi connectivity index (χ4v) is 3.40. The maximum Gasteiger partial charge on any atom is 0.120 e. The number of anilines is 5. The number of rotatable bonds is 6. The minimum Gasteiger partial charge on any atom is -0.497 e. The molecule has 2 N–H and O–H groups in total. The molecule has 0 aliphatic carbocycles. The van der Waals surface area contributed by atoms with Crippen molar-refractivity contribution in [3.8, 4) is 5.75 Å². The third-order valence-electron chi connectivity index (χ3n) is 4.87. The maximum atomic E-state index is 5.27. The summed E-state index contributed by atoms with van der Waals surface area (Å²) in [5.74, 6) is 0.843. The van der Waals surface area contributed by atoms with E-state index in [2.05, 4.69) is 64.1 Å². The zero-order chi connectivity index (χ0) is 18.5. The van der Waals surface area contributed by atoms with E-state index in [0.717, 1.165) is 28.5 Å². The van der Waals surface area contributed by atoms with Crippen molar-refractivity contribution in [3.05, 3.63) is 72.8 Å². The van der Waals surface area contributed by atoms with Gasteiger partial charge in [-0.3, -0.25) is 0 Å². The molecule has 4 heteroatoms. The Bertz CT molecular complexity index is 869. The lowest BCUT2D eigenvalue weighted by molar-refractivity contribution is 0.415. The van der Waals surface area contributed by atoms with Gasteiger partial charge in [0.15, 0.2) is 0 Å². The van der Waals surface area contributed by atoms with Crippen LogP contribution >= 0.6 is 0 Å². The van der Waals surface area contributed by atoms with Crippen LogP contribution in [0.2, 0.25) is 0 Å². The molecule has 0 aromatic heterocycles. The topological polar surface area (TPSA) is 36.5 Å². The summed E-state index contributed by atoms with van der Waals surface area (Å²) in [6, 6.07) is 24.9. The molecule has 138 valence electrons. The number of ether oxygens (including phenoxy) is 1. The number of benzene rings is 3. The van der Waals surface area contributed by atoms with Crippen LogP contribution in [-0.4, -0.2) is 20.2 Å². The minimum absolute atomic E-state index is 0.843. The summed E-state index contributed by atoms with van der Waals surface area (Å²) < 4.78 is 5.27. The number of methoxy groups -OCH3 is 1. The van der Waals surface area contributed by atoms with Gasteiger partial charge in [0, 0.05) is 47.6 Å². The highest BCUT2D eigenvalue weighted by molar-refractivity contribution is 5.67. The number of hydrogen-bond acceptors (Lipinski definition) is 4. The van der Waals surface area contributed by atoms with Gasteiger partial charge in [0.2, 0.25) is 0 Å². The van der Waals surface area contributed by atoms with Gasteiger partial charge in [-0.05, 0) is 73.5 Å².